The second kappa shape index (κ2) is 2.56. The van der Waals surface area contributed by atoms with Gasteiger partial charge in [-0.2, -0.15) is 4.36 Å². The topological polar surface area (TPSA) is 24.7 Å². The Morgan fingerprint density at radius 2 is 2.10 bits per heavy atom. The van der Waals surface area contributed by atoms with E-state index >= 15 is 0 Å². The molecule has 0 unspecified atom stereocenters. The van der Waals surface area contributed by atoms with Crippen molar-refractivity contribution in [2.75, 3.05) is 0 Å². The van der Waals surface area contributed by atoms with Crippen LogP contribution in [0.25, 0.3) is 0 Å². The molecule has 1 aromatic carbocycles. The van der Waals surface area contributed by atoms with Crippen LogP contribution in [-0.2, 0) is 11.4 Å². The van der Waals surface area contributed by atoms with Crippen LogP contribution in [-0.4, -0.2) is 0 Å². The highest BCUT2D eigenvalue weighted by molar-refractivity contribution is 8.01. The highest BCUT2D eigenvalue weighted by atomic mass is 32.2. The molecule has 1 aromatic rings. The minimum Gasteiger partial charge on any atom is -0.174 e. The Hall–Kier alpha value is -0.610. The van der Waals surface area contributed by atoms with Crippen LogP contribution in [0.2, 0.25) is 0 Å². The van der Waals surface area contributed by atoms with Crippen LogP contribution in [0.1, 0.15) is 0 Å². The van der Waals surface area contributed by atoms with E-state index < -0.39 is 0 Å². The van der Waals surface area contributed by atoms with Crippen molar-refractivity contribution in [2.45, 2.75) is 4.90 Å². The zero-order valence-corrected chi connectivity index (χ0v) is 6.65. The first-order chi connectivity index (χ1) is 4.97. The molecule has 0 amide bonds. The van der Waals surface area contributed by atoms with E-state index in [-0.39, 0.29) is 0 Å². The largest absolute Gasteiger partial charge is 0.174 e. The summed E-state index contributed by atoms with van der Waals surface area (Å²) in [7, 11) is 0. The average Bonchev–Trinajstić information content (AvgIpc) is 2.05. The summed E-state index contributed by atoms with van der Waals surface area (Å²) in [5, 5.41) is 0. The number of benzene rings is 1. The summed E-state index contributed by atoms with van der Waals surface area (Å²) in [5.74, 6) is 0. The number of nitrogens with zero attached hydrogens (tertiary/aromatic N) is 2. The summed E-state index contributed by atoms with van der Waals surface area (Å²) in [6.45, 7) is 0. The zero-order valence-electron chi connectivity index (χ0n) is 5.02. The molecule has 0 N–H and O–H groups in total. The van der Waals surface area contributed by atoms with Gasteiger partial charge < -0.3 is 0 Å². The molecule has 0 fully saturated rings. The Kier molecular flexibility index (Phi) is 1.56. The first-order valence-electron chi connectivity index (χ1n) is 2.80. The Balaban J connectivity index is 2.63. The second-order valence-electron chi connectivity index (χ2n) is 1.81. The van der Waals surface area contributed by atoms with Gasteiger partial charge in [0, 0.05) is 11.9 Å². The molecule has 0 spiro atoms. The highest BCUT2D eigenvalue weighted by Crippen LogP contribution is 2.31. The first kappa shape index (κ1) is 6.12. The van der Waals surface area contributed by atoms with Crippen LogP contribution >= 0.6 is 11.9 Å². The number of hydrogen-bond acceptors (Lipinski definition) is 3. The maximum absolute atomic E-state index is 4.12. The summed E-state index contributed by atoms with van der Waals surface area (Å²) < 4.78 is 8.11. The Morgan fingerprint density at radius 1 is 1.20 bits per heavy atom. The van der Waals surface area contributed by atoms with E-state index in [1.54, 1.807) is 0 Å². The number of hydrogen-bond donors (Lipinski definition) is 0. The summed E-state index contributed by atoms with van der Waals surface area (Å²) >= 11 is 2.73. The van der Waals surface area contributed by atoms with Gasteiger partial charge in [-0.25, -0.2) is 0 Å². The molecule has 4 heteroatoms. The SMILES string of the molecule is c1ccc2c(c1)N=S=NS2. The van der Waals surface area contributed by atoms with Crippen LogP contribution in [0.5, 0.6) is 0 Å². The Labute approximate surface area is 66.7 Å². The lowest BCUT2D eigenvalue weighted by molar-refractivity contribution is 1.39. The molecule has 0 atom stereocenters. The van der Waals surface area contributed by atoms with Crippen LogP contribution in [0.4, 0.5) is 5.69 Å². The summed E-state index contributed by atoms with van der Waals surface area (Å²) in [5.41, 5.74) is 1.03. The molecule has 0 saturated carbocycles. The predicted molar refractivity (Wildman–Crippen MR) is 44.2 cm³/mol. The van der Waals surface area contributed by atoms with E-state index in [0.29, 0.717) is 0 Å². The second-order valence-corrected chi connectivity index (χ2v) is 3.37. The van der Waals surface area contributed by atoms with Crippen molar-refractivity contribution >= 4 is 29.0 Å². The van der Waals surface area contributed by atoms with Crippen molar-refractivity contribution in [3.63, 3.8) is 0 Å². The summed E-state index contributed by atoms with van der Waals surface area (Å²) in [4.78, 5) is 1.14. The standard InChI is InChI=1S/C6H4N2S2/c1-2-4-6-5(3-1)7-10-8-9-6/h1-4H. The molecule has 1 aliphatic heterocycles. The lowest BCUT2D eigenvalue weighted by Crippen LogP contribution is -1.71. The molecule has 2 nitrogen and oxygen atoms in total. The lowest BCUT2D eigenvalue weighted by Gasteiger charge is -1.99. The first-order valence-corrected chi connectivity index (χ1v) is 4.31. The summed E-state index contributed by atoms with van der Waals surface area (Å²) in [6.07, 6.45) is 0. The van der Waals surface area contributed by atoms with E-state index in [1.165, 1.54) is 23.3 Å². The van der Waals surface area contributed by atoms with Crippen molar-refractivity contribution in [3.8, 4) is 0 Å². The quantitative estimate of drug-likeness (QED) is 0.547. The van der Waals surface area contributed by atoms with E-state index in [1.807, 2.05) is 24.3 Å². The van der Waals surface area contributed by atoms with Gasteiger partial charge in [0.15, 0.2) is 0 Å². The van der Waals surface area contributed by atoms with Gasteiger partial charge in [0.05, 0.1) is 21.9 Å². The number of fused-ring (bicyclic) bond motifs is 1. The van der Waals surface area contributed by atoms with Gasteiger partial charge in [0.2, 0.25) is 0 Å². The van der Waals surface area contributed by atoms with E-state index in [4.69, 9.17) is 0 Å². The Morgan fingerprint density at radius 3 is 3.00 bits per heavy atom. The maximum atomic E-state index is 4.12. The molecule has 0 bridgehead atoms. The Bertz CT molecular complexity index is 315. The lowest BCUT2D eigenvalue weighted by atomic mass is 10.3. The van der Waals surface area contributed by atoms with E-state index in [0.717, 1.165) is 10.6 Å². The third-order valence-electron chi connectivity index (χ3n) is 1.17. The van der Waals surface area contributed by atoms with Gasteiger partial charge in [-0.3, -0.25) is 0 Å². The molecular formula is C6H4N2S2. The van der Waals surface area contributed by atoms with Crippen molar-refractivity contribution < 1.29 is 0 Å². The fourth-order valence-corrected chi connectivity index (χ4v) is 1.97. The van der Waals surface area contributed by atoms with Crippen LogP contribution in [0, 0.1) is 0 Å². The molecule has 0 aromatic heterocycles. The van der Waals surface area contributed by atoms with E-state index in [9.17, 15) is 0 Å². The third kappa shape index (κ3) is 0.998. The fourth-order valence-electron chi connectivity index (χ4n) is 0.727. The van der Waals surface area contributed by atoms with Gasteiger partial charge in [0.1, 0.15) is 0 Å². The molecule has 50 valence electrons. The van der Waals surface area contributed by atoms with Crippen molar-refractivity contribution in [1.82, 2.24) is 0 Å². The van der Waals surface area contributed by atoms with Crippen LogP contribution in [0.15, 0.2) is 37.3 Å². The van der Waals surface area contributed by atoms with Gasteiger partial charge in [0.25, 0.3) is 0 Å². The smallest absolute Gasteiger partial charge is 0.0930 e. The molecule has 10 heavy (non-hydrogen) atoms. The van der Waals surface area contributed by atoms with Crippen molar-refractivity contribution in [2.24, 2.45) is 8.13 Å². The third-order valence-corrected chi connectivity index (χ3v) is 2.56. The fraction of sp³-hybridized carbons (Fsp3) is 0. The highest BCUT2D eigenvalue weighted by Gasteiger charge is 2.01. The van der Waals surface area contributed by atoms with Crippen molar-refractivity contribution in [1.29, 1.82) is 0 Å². The molecule has 1 aliphatic rings. The van der Waals surface area contributed by atoms with Crippen LogP contribution in [0.3, 0.4) is 0 Å². The van der Waals surface area contributed by atoms with Gasteiger partial charge in [-0.1, -0.05) is 12.1 Å². The monoisotopic (exact) mass is 168 g/mol. The minimum absolute atomic E-state index is 1.03. The predicted octanol–water partition coefficient (Wildman–Crippen LogP) is 2.79. The molecule has 0 aliphatic carbocycles. The van der Waals surface area contributed by atoms with Crippen molar-refractivity contribution in [3.05, 3.63) is 24.3 Å². The molecule has 1 heterocycles. The normalized spacial score (nSPS) is 14.0. The zero-order chi connectivity index (χ0) is 6.81. The van der Waals surface area contributed by atoms with Gasteiger partial charge >= 0.3 is 0 Å². The van der Waals surface area contributed by atoms with Gasteiger partial charge in [-0.15, -0.1) is 3.77 Å². The maximum Gasteiger partial charge on any atom is 0.0930 e. The number of rotatable bonds is 0. The molecule has 2 rings (SSSR count). The average molecular weight is 168 g/mol. The minimum atomic E-state index is 1.03. The summed E-state index contributed by atoms with van der Waals surface area (Å²) in [6, 6.07) is 7.98. The van der Waals surface area contributed by atoms with Crippen LogP contribution < -0.4 is 0 Å². The molecular weight excluding hydrogens is 164 g/mol. The van der Waals surface area contributed by atoms with Gasteiger partial charge in [-0.05, 0) is 12.1 Å². The molecule has 0 saturated heterocycles. The van der Waals surface area contributed by atoms with E-state index in [2.05, 4.69) is 8.13 Å². The molecule has 0 radical (unpaired) electrons.